The van der Waals surface area contributed by atoms with Gasteiger partial charge in [-0.3, -0.25) is 0 Å². The second kappa shape index (κ2) is 17.2. The Labute approximate surface area is 259 Å². The standard InChI is InChI=1S/C39H58O2Si/c1-32(2)17-14-18-33(3)19-15-20-34(4)21-16-22-35-27-28-36(40-31-35)29-30-41-42(39(5,6)7,37-23-10-8-11-24-37)38-25-12-9-13-26-38/h8-13,17,19,21,23-26,35-36H,14-16,18,20,22,27-31H2,1-7H3/b33-19+,34-21+/t35-,36+/m0/s1. The third-order valence-corrected chi connectivity index (χ3v) is 13.9. The van der Waals surface area contributed by atoms with Crippen LogP contribution in [0.15, 0.2) is 95.6 Å². The molecule has 2 atom stereocenters. The molecular weight excluding hydrogens is 529 g/mol. The summed E-state index contributed by atoms with van der Waals surface area (Å²) in [6.07, 6.45) is 18.0. The normalized spacial score (nSPS) is 18.6. The lowest BCUT2D eigenvalue weighted by Gasteiger charge is -2.43. The summed E-state index contributed by atoms with van der Waals surface area (Å²) in [5.41, 5.74) is 4.46. The van der Waals surface area contributed by atoms with Gasteiger partial charge >= 0.3 is 0 Å². The molecule has 1 aliphatic heterocycles. The van der Waals surface area contributed by atoms with Crippen LogP contribution in [0, 0.1) is 5.92 Å². The van der Waals surface area contributed by atoms with Crippen molar-refractivity contribution in [2.75, 3.05) is 13.2 Å². The predicted molar refractivity (Wildman–Crippen MR) is 185 cm³/mol. The summed E-state index contributed by atoms with van der Waals surface area (Å²) in [7, 11) is -2.47. The summed E-state index contributed by atoms with van der Waals surface area (Å²) in [6, 6.07) is 21.9. The van der Waals surface area contributed by atoms with Gasteiger partial charge in [-0.2, -0.15) is 0 Å². The molecule has 0 saturated carbocycles. The zero-order chi connectivity index (χ0) is 30.4. The number of allylic oxidation sites excluding steroid dienone is 6. The first-order chi connectivity index (χ1) is 20.1. The Morgan fingerprint density at radius 3 is 1.81 bits per heavy atom. The minimum absolute atomic E-state index is 0.0143. The molecule has 1 heterocycles. The molecule has 1 fully saturated rings. The molecule has 0 amide bonds. The van der Waals surface area contributed by atoms with E-state index in [-0.39, 0.29) is 5.04 Å². The fraction of sp³-hybridized carbons (Fsp3) is 0.538. The van der Waals surface area contributed by atoms with Gasteiger partial charge in [0.05, 0.1) is 6.10 Å². The number of benzene rings is 2. The van der Waals surface area contributed by atoms with E-state index in [0.717, 1.165) is 38.9 Å². The smallest absolute Gasteiger partial charge is 0.261 e. The maximum absolute atomic E-state index is 7.11. The lowest BCUT2D eigenvalue weighted by atomic mass is 9.92. The van der Waals surface area contributed by atoms with Gasteiger partial charge in [-0.25, -0.2) is 0 Å². The van der Waals surface area contributed by atoms with Crippen molar-refractivity contribution in [3.05, 3.63) is 95.6 Å². The Bertz CT molecular complexity index is 1090. The molecule has 0 spiro atoms. The molecule has 0 radical (unpaired) electrons. The molecule has 1 saturated heterocycles. The number of rotatable bonds is 15. The molecule has 0 aromatic heterocycles. The van der Waals surface area contributed by atoms with Crippen molar-refractivity contribution < 1.29 is 9.16 Å². The summed E-state index contributed by atoms with van der Waals surface area (Å²) >= 11 is 0. The predicted octanol–water partition coefficient (Wildman–Crippen LogP) is 9.95. The van der Waals surface area contributed by atoms with E-state index >= 15 is 0 Å². The van der Waals surface area contributed by atoms with Crippen LogP contribution in [0.1, 0.15) is 106 Å². The maximum Gasteiger partial charge on any atom is 0.261 e. The molecule has 0 bridgehead atoms. The number of ether oxygens (including phenoxy) is 1. The molecule has 0 aliphatic carbocycles. The molecule has 2 nitrogen and oxygen atoms in total. The largest absolute Gasteiger partial charge is 0.407 e. The highest BCUT2D eigenvalue weighted by Crippen LogP contribution is 2.37. The van der Waals surface area contributed by atoms with Crippen LogP contribution < -0.4 is 10.4 Å². The molecule has 3 rings (SSSR count). The summed E-state index contributed by atoms with van der Waals surface area (Å²) < 4.78 is 13.5. The molecular formula is C39H58O2Si. The van der Waals surface area contributed by atoms with E-state index in [1.807, 2.05) is 0 Å². The van der Waals surface area contributed by atoms with Gasteiger partial charge in [0.15, 0.2) is 0 Å². The Hall–Kier alpha value is -2.20. The molecule has 42 heavy (non-hydrogen) atoms. The van der Waals surface area contributed by atoms with E-state index in [1.54, 1.807) is 0 Å². The third-order valence-electron chi connectivity index (χ3n) is 8.83. The highest BCUT2D eigenvalue weighted by molar-refractivity contribution is 6.99. The van der Waals surface area contributed by atoms with E-state index in [2.05, 4.69) is 127 Å². The highest BCUT2D eigenvalue weighted by Gasteiger charge is 2.50. The van der Waals surface area contributed by atoms with Crippen molar-refractivity contribution in [1.29, 1.82) is 0 Å². The van der Waals surface area contributed by atoms with Crippen molar-refractivity contribution in [3.8, 4) is 0 Å². The molecule has 0 unspecified atom stereocenters. The van der Waals surface area contributed by atoms with Gasteiger partial charge in [0.25, 0.3) is 8.32 Å². The average Bonchev–Trinajstić information content (AvgIpc) is 2.96. The molecule has 1 aliphatic rings. The minimum atomic E-state index is -2.47. The lowest BCUT2D eigenvalue weighted by Crippen LogP contribution is -2.66. The van der Waals surface area contributed by atoms with Crippen LogP contribution >= 0.6 is 0 Å². The summed E-state index contributed by atoms with van der Waals surface area (Å²) in [5, 5.41) is 2.71. The Balaban J connectivity index is 1.44. The van der Waals surface area contributed by atoms with Crippen LogP contribution in [-0.4, -0.2) is 27.6 Å². The van der Waals surface area contributed by atoms with E-state index in [1.165, 1.54) is 59.2 Å². The van der Waals surface area contributed by atoms with E-state index in [0.29, 0.717) is 12.0 Å². The first-order valence-corrected chi connectivity index (χ1v) is 18.3. The zero-order valence-corrected chi connectivity index (χ0v) is 28.8. The fourth-order valence-electron chi connectivity index (χ4n) is 6.33. The minimum Gasteiger partial charge on any atom is -0.407 e. The Morgan fingerprint density at radius 1 is 0.762 bits per heavy atom. The highest BCUT2D eigenvalue weighted by atomic mass is 28.4. The van der Waals surface area contributed by atoms with Gasteiger partial charge < -0.3 is 9.16 Å². The molecule has 2 aromatic carbocycles. The van der Waals surface area contributed by atoms with Gasteiger partial charge in [-0.15, -0.1) is 0 Å². The second-order valence-corrected chi connectivity index (χ2v) is 18.0. The van der Waals surface area contributed by atoms with Crippen molar-refractivity contribution in [3.63, 3.8) is 0 Å². The van der Waals surface area contributed by atoms with Crippen LogP contribution in [0.4, 0.5) is 0 Å². The van der Waals surface area contributed by atoms with Gasteiger partial charge in [-0.05, 0) is 107 Å². The molecule has 2 aromatic rings. The summed E-state index contributed by atoms with van der Waals surface area (Å²) in [4.78, 5) is 0. The SMILES string of the molecule is CC(C)=CCC/C(C)=C/CC/C(C)=C/CC[C@H]1CC[C@H](CCO[Si](c2ccccc2)(c2ccccc2)C(C)(C)C)OC1. The van der Waals surface area contributed by atoms with Gasteiger partial charge in [-0.1, -0.05) is 116 Å². The topological polar surface area (TPSA) is 18.5 Å². The van der Waals surface area contributed by atoms with Crippen molar-refractivity contribution >= 4 is 18.7 Å². The van der Waals surface area contributed by atoms with Gasteiger partial charge in [0.1, 0.15) is 0 Å². The first kappa shape index (κ1) is 34.3. The van der Waals surface area contributed by atoms with Crippen molar-refractivity contribution in [2.45, 2.75) is 117 Å². The number of hydrogen-bond donors (Lipinski definition) is 0. The summed E-state index contributed by atoms with van der Waals surface area (Å²) in [6.45, 7) is 17.6. The summed E-state index contributed by atoms with van der Waals surface area (Å²) in [5.74, 6) is 0.681. The van der Waals surface area contributed by atoms with E-state index in [9.17, 15) is 0 Å². The molecule has 230 valence electrons. The fourth-order valence-corrected chi connectivity index (χ4v) is 10.9. The van der Waals surface area contributed by atoms with Crippen molar-refractivity contribution in [2.24, 2.45) is 5.92 Å². The zero-order valence-electron chi connectivity index (χ0n) is 27.8. The van der Waals surface area contributed by atoms with Gasteiger partial charge in [0, 0.05) is 13.2 Å². The van der Waals surface area contributed by atoms with Crippen molar-refractivity contribution in [1.82, 2.24) is 0 Å². The molecule has 0 N–H and O–H groups in total. The third kappa shape index (κ3) is 10.5. The van der Waals surface area contributed by atoms with Crippen LogP contribution in [0.25, 0.3) is 0 Å². The molecule has 3 heteroatoms. The maximum atomic E-state index is 7.11. The number of hydrogen-bond acceptors (Lipinski definition) is 2. The quantitative estimate of drug-likeness (QED) is 0.153. The second-order valence-electron chi connectivity index (χ2n) is 13.7. The first-order valence-electron chi connectivity index (χ1n) is 16.4. The van der Waals surface area contributed by atoms with Crippen LogP contribution in [0.3, 0.4) is 0 Å². The average molecular weight is 587 g/mol. The van der Waals surface area contributed by atoms with Crippen LogP contribution in [0.5, 0.6) is 0 Å². The Morgan fingerprint density at radius 2 is 1.31 bits per heavy atom. The monoisotopic (exact) mass is 586 g/mol. The van der Waals surface area contributed by atoms with Crippen LogP contribution in [-0.2, 0) is 9.16 Å². The lowest BCUT2D eigenvalue weighted by molar-refractivity contribution is -0.0272. The van der Waals surface area contributed by atoms with Crippen LogP contribution in [0.2, 0.25) is 5.04 Å². The van der Waals surface area contributed by atoms with E-state index < -0.39 is 8.32 Å². The van der Waals surface area contributed by atoms with E-state index in [4.69, 9.17) is 9.16 Å². The Kier molecular flexibility index (Phi) is 14.0. The van der Waals surface area contributed by atoms with Gasteiger partial charge in [0.2, 0.25) is 0 Å².